The van der Waals surface area contributed by atoms with Gasteiger partial charge in [0.2, 0.25) is 0 Å². The second kappa shape index (κ2) is 8.85. The van der Waals surface area contributed by atoms with Gasteiger partial charge in [-0.25, -0.2) is 0 Å². The quantitative estimate of drug-likeness (QED) is 0.615. The lowest BCUT2D eigenvalue weighted by atomic mass is 9.97. The summed E-state index contributed by atoms with van der Waals surface area (Å²) in [6.45, 7) is 8.31. The smallest absolute Gasteiger partial charge is 0.191 e. The normalized spacial score (nSPS) is 29.5. The minimum absolute atomic E-state index is 0.437. The van der Waals surface area contributed by atoms with Gasteiger partial charge in [0.05, 0.1) is 26.4 Å². The molecule has 3 rings (SSSR count). The molecule has 0 aromatic carbocycles. The summed E-state index contributed by atoms with van der Waals surface area (Å²) in [5.41, 5.74) is 6.30. The summed E-state index contributed by atoms with van der Waals surface area (Å²) in [6, 6.07) is 0.437. The highest BCUT2D eigenvalue weighted by Gasteiger charge is 2.31. The standard InChI is InChI=1S/C17H32N4O2/c18-17(21-6-3-1-2-4-7-21)19-13-16(15-5-10-23-14-15)20-8-11-22-12-9-20/h15-16H,1-14H2,(H2,18,19)/t15-,16+/m0/s1. The summed E-state index contributed by atoms with van der Waals surface area (Å²) in [5.74, 6) is 1.32. The fraction of sp³-hybridized carbons (Fsp3) is 0.941. The van der Waals surface area contributed by atoms with E-state index in [1.54, 1.807) is 0 Å². The third-order valence-corrected chi connectivity index (χ3v) is 5.39. The summed E-state index contributed by atoms with van der Waals surface area (Å²) in [7, 11) is 0. The van der Waals surface area contributed by atoms with Gasteiger partial charge in [0.15, 0.2) is 5.96 Å². The Kier molecular flexibility index (Phi) is 6.54. The first kappa shape index (κ1) is 17.0. The number of morpholine rings is 1. The minimum atomic E-state index is 0.437. The molecular weight excluding hydrogens is 292 g/mol. The summed E-state index contributed by atoms with van der Waals surface area (Å²) in [4.78, 5) is 9.59. The van der Waals surface area contributed by atoms with Gasteiger partial charge in [0.1, 0.15) is 0 Å². The Labute approximate surface area is 140 Å². The van der Waals surface area contributed by atoms with Crippen LogP contribution < -0.4 is 5.73 Å². The number of likely N-dealkylation sites (tertiary alicyclic amines) is 1. The molecule has 3 aliphatic heterocycles. The van der Waals surface area contributed by atoms with Crippen LogP contribution in [0, 0.1) is 5.92 Å². The number of ether oxygens (including phenoxy) is 2. The van der Waals surface area contributed by atoms with Gasteiger partial charge in [-0.1, -0.05) is 12.8 Å². The molecule has 3 saturated heterocycles. The Balaban J connectivity index is 1.60. The minimum Gasteiger partial charge on any atom is -0.381 e. The third kappa shape index (κ3) is 4.81. The van der Waals surface area contributed by atoms with Crippen LogP contribution in [-0.2, 0) is 9.47 Å². The van der Waals surface area contributed by atoms with E-state index in [9.17, 15) is 0 Å². The van der Waals surface area contributed by atoms with Crippen molar-refractivity contribution in [3.8, 4) is 0 Å². The van der Waals surface area contributed by atoms with Gasteiger partial charge in [-0.3, -0.25) is 9.89 Å². The van der Waals surface area contributed by atoms with Gasteiger partial charge in [-0.15, -0.1) is 0 Å². The second-order valence-electron chi connectivity index (χ2n) is 6.94. The van der Waals surface area contributed by atoms with Crippen LogP contribution in [0.1, 0.15) is 32.1 Å². The average molecular weight is 324 g/mol. The summed E-state index contributed by atoms with van der Waals surface area (Å²) < 4.78 is 11.1. The molecule has 0 radical (unpaired) electrons. The van der Waals surface area contributed by atoms with E-state index in [0.29, 0.717) is 12.0 Å². The van der Waals surface area contributed by atoms with Gasteiger partial charge >= 0.3 is 0 Å². The molecule has 0 saturated carbocycles. The molecule has 0 aromatic rings. The van der Waals surface area contributed by atoms with Crippen LogP contribution in [0.15, 0.2) is 4.99 Å². The molecule has 23 heavy (non-hydrogen) atoms. The first-order valence-electron chi connectivity index (χ1n) is 9.29. The molecule has 3 aliphatic rings. The second-order valence-corrected chi connectivity index (χ2v) is 6.94. The summed E-state index contributed by atoms with van der Waals surface area (Å²) in [6.07, 6.45) is 6.25. The molecule has 3 fully saturated rings. The largest absolute Gasteiger partial charge is 0.381 e. The predicted octanol–water partition coefficient (Wildman–Crippen LogP) is 0.914. The van der Waals surface area contributed by atoms with Crippen molar-refractivity contribution in [1.29, 1.82) is 0 Å². The number of guanidine groups is 1. The van der Waals surface area contributed by atoms with Crippen molar-refractivity contribution in [2.24, 2.45) is 16.6 Å². The summed E-state index contributed by atoms with van der Waals surface area (Å²) >= 11 is 0. The van der Waals surface area contributed by atoms with E-state index in [-0.39, 0.29) is 0 Å². The lowest BCUT2D eigenvalue weighted by molar-refractivity contribution is 0.00365. The maximum Gasteiger partial charge on any atom is 0.191 e. The van der Waals surface area contributed by atoms with Crippen molar-refractivity contribution in [2.45, 2.75) is 38.1 Å². The van der Waals surface area contributed by atoms with Crippen LogP contribution in [0.4, 0.5) is 0 Å². The lowest BCUT2D eigenvalue weighted by Crippen LogP contribution is -2.49. The van der Waals surface area contributed by atoms with Crippen molar-refractivity contribution < 1.29 is 9.47 Å². The first-order valence-corrected chi connectivity index (χ1v) is 9.29. The highest BCUT2D eigenvalue weighted by atomic mass is 16.5. The highest BCUT2D eigenvalue weighted by Crippen LogP contribution is 2.22. The SMILES string of the molecule is NC(=NC[C@H]([C@H]1CCOC1)N1CCOCC1)N1CCCCCC1. The Hall–Kier alpha value is -0.850. The van der Waals surface area contributed by atoms with Crippen LogP contribution in [0.5, 0.6) is 0 Å². The summed E-state index contributed by atoms with van der Waals surface area (Å²) in [5, 5.41) is 0. The Bertz CT molecular complexity index is 371. The molecule has 0 unspecified atom stereocenters. The zero-order valence-corrected chi connectivity index (χ0v) is 14.3. The molecule has 0 bridgehead atoms. The molecule has 2 atom stereocenters. The van der Waals surface area contributed by atoms with E-state index in [0.717, 1.165) is 71.5 Å². The molecule has 0 aromatic heterocycles. The number of aliphatic imine (C=N–C) groups is 1. The van der Waals surface area contributed by atoms with Crippen LogP contribution in [0.3, 0.4) is 0 Å². The van der Waals surface area contributed by atoms with Crippen LogP contribution >= 0.6 is 0 Å². The van der Waals surface area contributed by atoms with E-state index in [1.165, 1.54) is 25.7 Å². The maximum atomic E-state index is 6.30. The molecule has 0 spiro atoms. The van der Waals surface area contributed by atoms with Crippen molar-refractivity contribution in [2.75, 3.05) is 59.2 Å². The zero-order valence-electron chi connectivity index (χ0n) is 14.3. The number of nitrogens with two attached hydrogens (primary N) is 1. The third-order valence-electron chi connectivity index (χ3n) is 5.39. The first-order chi connectivity index (χ1) is 11.3. The van der Waals surface area contributed by atoms with E-state index in [4.69, 9.17) is 20.2 Å². The molecule has 0 aliphatic carbocycles. The Morgan fingerprint density at radius 1 is 1.00 bits per heavy atom. The number of hydrogen-bond donors (Lipinski definition) is 1. The number of hydrogen-bond acceptors (Lipinski definition) is 4. The molecule has 2 N–H and O–H groups in total. The Morgan fingerprint density at radius 3 is 2.39 bits per heavy atom. The van der Waals surface area contributed by atoms with Crippen LogP contribution in [-0.4, -0.2) is 81.0 Å². The predicted molar refractivity (Wildman–Crippen MR) is 91.6 cm³/mol. The van der Waals surface area contributed by atoms with Gasteiger partial charge in [0, 0.05) is 44.7 Å². The molecule has 0 amide bonds. The van der Waals surface area contributed by atoms with E-state index >= 15 is 0 Å². The van der Waals surface area contributed by atoms with E-state index in [1.807, 2.05) is 0 Å². The van der Waals surface area contributed by atoms with E-state index < -0.39 is 0 Å². The molecule has 6 nitrogen and oxygen atoms in total. The van der Waals surface area contributed by atoms with Gasteiger partial charge in [0.25, 0.3) is 0 Å². The number of nitrogens with zero attached hydrogens (tertiary/aromatic N) is 3. The van der Waals surface area contributed by atoms with E-state index in [2.05, 4.69) is 9.80 Å². The topological polar surface area (TPSA) is 63.3 Å². The van der Waals surface area contributed by atoms with Crippen molar-refractivity contribution in [3.05, 3.63) is 0 Å². The fourth-order valence-corrected chi connectivity index (χ4v) is 3.91. The highest BCUT2D eigenvalue weighted by molar-refractivity contribution is 5.78. The van der Waals surface area contributed by atoms with Crippen LogP contribution in [0.2, 0.25) is 0 Å². The molecule has 132 valence electrons. The van der Waals surface area contributed by atoms with Gasteiger partial charge in [-0.2, -0.15) is 0 Å². The lowest BCUT2D eigenvalue weighted by Gasteiger charge is -2.36. The molecule has 6 heteroatoms. The zero-order chi connectivity index (χ0) is 15.9. The number of rotatable bonds is 4. The average Bonchev–Trinajstić information content (AvgIpc) is 2.97. The fourth-order valence-electron chi connectivity index (χ4n) is 3.91. The van der Waals surface area contributed by atoms with Crippen LogP contribution in [0.25, 0.3) is 0 Å². The molecular formula is C17H32N4O2. The monoisotopic (exact) mass is 324 g/mol. The van der Waals surface area contributed by atoms with Crippen molar-refractivity contribution in [3.63, 3.8) is 0 Å². The van der Waals surface area contributed by atoms with Gasteiger partial charge in [-0.05, 0) is 19.3 Å². The Morgan fingerprint density at radius 2 is 1.74 bits per heavy atom. The molecule has 3 heterocycles. The van der Waals surface area contributed by atoms with Crippen molar-refractivity contribution >= 4 is 5.96 Å². The van der Waals surface area contributed by atoms with Gasteiger partial charge < -0.3 is 20.1 Å². The maximum absolute atomic E-state index is 6.30. The van der Waals surface area contributed by atoms with Crippen molar-refractivity contribution in [1.82, 2.24) is 9.80 Å².